The highest BCUT2D eigenvalue weighted by molar-refractivity contribution is 7.92. The largest absolute Gasteiger partial charge is 0.490 e. The van der Waals surface area contributed by atoms with E-state index in [0.717, 1.165) is 44.5 Å². The molecule has 10 heteroatoms. The lowest BCUT2D eigenvalue weighted by atomic mass is 9.89. The maximum atomic E-state index is 14.1. The number of ether oxygens (including phenoxy) is 2. The molecular formula is C30H51N3O6S. The quantitative estimate of drug-likeness (QED) is 0.470. The number of benzene rings is 1. The molecule has 40 heavy (non-hydrogen) atoms. The van der Waals surface area contributed by atoms with Crippen molar-refractivity contribution in [1.82, 2.24) is 9.80 Å². The van der Waals surface area contributed by atoms with Gasteiger partial charge in [0.05, 0.1) is 36.7 Å². The number of anilines is 1. The first-order chi connectivity index (χ1) is 19.0. The lowest BCUT2D eigenvalue weighted by Gasteiger charge is -2.36. The molecule has 4 atom stereocenters. The number of hydrogen-bond donors (Lipinski definition) is 2. The Bertz CT molecular complexity index is 1050. The van der Waals surface area contributed by atoms with Gasteiger partial charge in [-0.2, -0.15) is 0 Å². The van der Waals surface area contributed by atoms with Gasteiger partial charge in [-0.3, -0.25) is 9.52 Å². The summed E-state index contributed by atoms with van der Waals surface area (Å²) in [5, 5.41) is 10.1. The van der Waals surface area contributed by atoms with E-state index in [9.17, 15) is 18.3 Å². The number of rotatable bonds is 8. The number of carbonyl (C=O) groups is 1. The van der Waals surface area contributed by atoms with Gasteiger partial charge in [-0.15, -0.1) is 0 Å². The van der Waals surface area contributed by atoms with Gasteiger partial charge >= 0.3 is 0 Å². The van der Waals surface area contributed by atoms with Gasteiger partial charge in [0.1, 0.15) is 5.75 Å². The zero-order chi connectivity index (χ0) is 29.3. The summed E-state index contributed by atoms with van der Waals surface area (Å²) in [7, 11) is -1.36. The van der Waals surface area contributed by atoms with Gasteiger partial charge in [0.15, 0.2) is 0 Å². The molecule has 3 rings (SSSR count). The van der Waals surface area contributed by atoms with Gasteiger partial charge in [-0.1, -0.05) is 26.2 Å². The Labute approximate surface area is 241 Å². The minimum absolute atomic E-state index is 0.00955. The number of fused-ring (bicyclic) bond motifs is 1. The molecule has 2 N–H and O–H groups in total. The summed E-state index contributed by atoms with van der Waals surface area (Å²) in [5.41, 5.74) is 0.569. The van der Waals surface area contributed by atoms with Crippen LogP contribution in [0, 0.1) is 11.8 Å². The smallest absolute Gasteiger partial charge is 0.258 e. The second-order valence-electron chi connectivity index (χ2n) is 12.1. The minimum atomic E-state index is -3.53. The molecule has 1 aliphatic carbocycles. The van der Waals surface area contributed by atoms with Gasteiger partial charge in [0, 0.05) is 37.8 Å². The van der Waals surface area contributed by atoms with Crippen molar-refractivity contribution >= 4 is 21.6 Å². The molecule has 1 heterocycles. The lowest BCUT2D eigenvalue weighted by Crippen LogP contribution is -2.47. The number of aliphatic hydroxyl groups is 1. The Morgan fingerprint density at radius 3 is 2.48 bits per heavy atom. The van der Waals surface area contributed by atoms with Crippen molar-refractivity contribution in [3.05, 3.63) is 23.8 Å². The molecule has 2 aliphatic rings. The van der Waals surface area contributed by atoms with Crippen LogP contribution in [0.15, 0.2) is 18.2 Å². The number of nitrogens with one attached hydrogen (secondary N) is 1. The van der Waals surface area contributed by atoms with Crippen molar-refractivity contribution in [2.75, 3.05) is 50.9 Å². The normalized spacial score (nSPS) is 25.1. The van der Waals surface area contributed by atoms with Crippen LogP contribution in [0.4, 0.5) is 5.69 Å². The number of hydrogen-bond acceptors (Lipinski definition) is 7. The van der Waals surface area contributed by atoms with Crippen molar-refractivity contribution in [2.24, 2.45) is 11.8 Å². The van der Waals surface area contributed by atoms with Crippen LogP contribution in [-0.4, -0.2) is 93.6 Å². The standard InChI is InChI=1S/C30H51N3O6S/c1-22-18-33(23(2)21-34)30(35)27-17-26(31-40(5,36)37)14-15-28(27)39-24(3)11-9-10-16-38-29(22)20-32(4)19-25-12-7-6-8-13-25/h14-15,17,22-25,29,31,34H,6-13,16,18-21H2,1-5H3/t22-,23-,24-,29+/m1/s1. The Hall–Kier alpha value is -1.88. The molecule has 9 nitrogen and oxygen atoms in total. The second-order valence-corrected chi connectivity index (χ2v) is 13.9. The fourth-order valence-electron chi connectivity index (χ4n) is 5.85. The Balaban J connectivity index is 1.89. The summed E-state index contributed by atoms with van der Waals surface area (Å²) in [5.74, 6) is 0.846. The molecular weight excluding hydrogens is 530 g/mol. The van der Waals surface area contributed by atoms with Crippen LogP contribution in [-0.2, 0) is 14.8 Å². The van der Waals surface area contributed by atoms with Gasteiger partial charge in [0.2, 0.25) is 10.0 Å². The monoisotopic (exact) mass is 581 g/mol. The zero-order valence-electron chi connectivity index (χ0n) is 25.1. The second kappa shape index (κ2) is 15.4. The maximum Gasteiger partial charge on any atom is 0.258 e. The molecule has 0 aromatic heterocycles. The van der Waals surface area contributed by atoms with E-state index >= 15 is 0 Å². The third-order valence-corrected chi connectivity index (χ3v) is 8.75. The van der Waals surface area contributed by atoms with E-state index in [2.05, 4.69) is 23.6 Å². The van der Waals surface area contributed by atoms with Crippen molar-refractivity contribution in [1.29, 1.82) is 0 Å². The van der Waals surface area contributed by atoms with E-state index in [1.54, 1.807) is 17.0 Å². The number of likely N-dealkylation sites (N-methyl/N-ethyl adjacent to an activating group) is 1. The number of nitrogens with zero attached hydrogens (tertiary/aromatic N) is 2. The molecule has 0 spiro atoms. The molecule has 1 aliphatic heterocycles. The Morgan fingerprint density at radius 2 is 1.80 bits per heavy atom. The van der Waals surface area contributed by atoms with E-state index in [1.807, 2.05) is 13.8 Å². The Morgan fingerprint density at radius 1 is 1.10 bits per heavy atom. The maximum absolute atomic E-state index is 14.1. The SMILES string of the molecule is C[C@@H]1CCCCO[C@@H](CN(C)CC2CCCCC2)[C@H](C)CN([C@H](C)CO)C(=O)c2cc(NS(C)(=O)=O)ccc2O1. The molecule has 0 unspecified atom stereocenters. The van der Waals surface area contributed by atoms with Crippen LogP contribution in [0.1, 0.15) is 82.5 Å². The van der Waals surface area contributed by atoms with Crippen molar-refractivity contribution in [3.8, 4) is 5.75 Å². The van der Waals surface area contributed by atoms with Crippen LogP contribution in [0.3, 0.4) is 0 Å². The van der Waals surface area contributed by atoms with E-state index < -0.39 is 16.1 Å². The van der Waals surface area contributed by atoms with Crippen LogP contribution < -0.4 is 9.46 Å². The molecule has 1 aromatic rings. The molecule has 0 saturated heterocycles. The topological polar surface area (TPSA) is 108 Å². The molecule has 1 amide bonds. The summed E-state index contributed by atoms with van der Waals surface area (Å²) in [6.45, 7) is 8.59. The van der Waals surface area contributed by atoms with Crippen molar-refractivity contribution in [3.63, 3.8) is 0 Å². The molecule has 1 saturated carbocycles. The summed E-state index contributed by atoms with van der Waals surface area (Å²) >= 11 is 0. The number of aliphatic hydroxyl groups excluding tert-OH is 1. The van der Waals surface area contributed by atoms with Crippen LogP contribution in [0.2, 0.25) is 0 Å². The van der Waals surface area contributed by atoms with E-state index in [4.69, 9.17) is 9.47 Å². The van der Waals surface area contributed by atoms with Gasteiger partial charge in [-0.05, 0) is 77.1 Å². The third-order valence-electron chi connectivity index (χ3n) is 8.14. The first-order valence-corrected chi connectivity index (χ1v) is 16.9. The highest BCUT2D eigenvalue weighted by Crippen LogP contribution is 2.29. The fraction of sp³-hybridized carbons (Fsp3) is 0.767. The predicted octanol–water partition coefficient (Wildman–Crippen LogP) is 4.37. The summed E-state index contributed by atoms with van der Waals surface area (Å²) in [4.78, 5) is 18.1. The molecule has 1 aromatic carbocycles. The minimum Gasteiger partial charge on any atom is -0.490 e. The van der Waals surface area contributed by atoms with Gasteiger partial charge < -0.3 is 24.4 Å². The lowest BCUT2D eigenvalue weighted by molar-refractivity contribution is -0.0190. The molecule has 0 radical (unpaired) electrons. The number of amides is 1. The highest BCUT2D eigenvalue weighted by Gasteiger charge is 2.31. The first-order valence-electron chi connectivity index (χ1n) is 15.0. The van der Waals surface area contributed by atoms with E-state index in [0.29, 0.717) is 24.6 Å². The van der Waals surface area contributed by atoms with Crippen LogP contribution in [0.5, 0.6) is 5.75 Å². The highest BCUT2D eigenvalue weighted by atomic mass is 32.2. The Kier molecular flexibility index (Phi) is 12.5. The summed E-state index contributed by atoms with van der Waals surface area (Å²) in [6.07, 6.45) is 10.1. The third kappa shape index (κ3) is 10.2. The fourth-order valence-corrected chi connectivity index (χ4v) is 6.41. The number of carbonyl (C=O) groups excluding carboxylic acids is 1. The zero-order valence-corrected chi connectivity index (χ0v) is 25.9. The number of sulfonamides is 1. The van der Waals surface area contributed by atoms with Gasteiger partial charge in [0.25, 0.3) is 5.91 Å². The van der Waals surface area contributed by atoms with Crippen LogP contribution >= 0.6 is 0 Å². The van der Waals surface area contributed by atoms with E-state index in [1.165, 1.54) is 38.2 Å². The molecule has 1 fully saturated rings. The summed E-state index contributed by atoms with van der Waals surface area (Å²) < 4.78 is 38.9. The average molecular weight is 582 g/mol. The molecule has 0 bridgehead atoms. The van der Waals surface area contributed by atoms with Crippen molar-refractivity contribution in [2.45, 2.75) is 90.4 Å². The van der Waals surface area contributed by atoms with Crippen LogP contribution in [0.25, 0.3) is 0 Å². The predicted molar refractivity (Wildman–Crippen MR) is 159 cm³/mol. The average Bonchev–Trinajstić information content (AvgIpc) is 2.90. The van der Waals surface area contributed by atoms with E-state index in [-0.39, 0.29) is 36.2 Å². The first kappa shape index (κ1) is 32.6. The summed E-state index contributed by atoms with van der Waals surface area (Å²) in [6, 6.07) is 4.35. The molecule has 228 valence electrons. The van der Waals surface area contributed by atoms with Crippen molar-refractivity contribution < 1.29 is 27.8 Å². The van der Waals surface area contributed by atoms with Gasteiger partial charge in [-0.25, -0.2) is 8.42 Å².